The predicted molar refractivity (Wildman–Crippen MR) is 98.3 cm³/mol. The van der Waals surface area contributed by atoms with Crippen molar-refractivity contribution in [2.24, 2.45) is 0 Å². The number of aromatic nitrogens is 4. The highest BCUT2D eigenvalue weighted by atomic mass is 35.5. The van der Waals surface area contributed by atoms with Gasteiger partial charge in [-0.2, -0.15) is 5.10 Å². The van der Waals surface area contributed by atoms with Crippen molar-refractivity contribution in [2.75, 3.05) is 5.32 Å². The Kier molecular flexibility index (Phi) is 3.95. The molecule has 0 spiro atoms. The van der Waals surface area contributed by atoms with Crippen molar-refractivity contribution in [1.29, 1.82) is 0 Å². The van der Waals surface area contributed by atoms with Gasteiger partial charge in [-0.1, -0.05) is 29.8 Å². The Bertz CT molecular complexity index is 1090. The maximum Gasteiger partial charge on any atom is 0.272 e. The minimum Gasteiger partial charge on any atom is -0.381 e. The number of fused-ring (bicyclic) bond motifs is 1. The molecule has 0 radical (unpaired) electrons. The molecule has 0 saturated heterocycles. The van der Waals surface area contributed by atoms with Crippen molar-refractivity contribution < 1.29 is 0 Å². The lowest BCUT2D eigenvalue weighted by Gasteiger charge is -2.12. The van der Waals surface area contributed by atoms with Gasteiger partial charge >= 0.3 is 0 Å². The van der Waals surface area contributed by atoms with Gasteiger partial charge in [0, 0.05) is 30.0 Å². The summed E-state index contributed by atoms with van der Waals surface area (Å²) in [5.41, 5.74) is 2.79. The largest absolute Gasteiger partial charge is 0.381 e. The van der Waals surface area contributed by atoms with Crippen LogP contribution in [0.15, 0.2) is 66.0 Å². The highest BCUT2D eigenvalue weighted by Gasteiger charge is 2.07. The van der Waals surface area contributed by atoms with Crippen LogP contribution in [0.5, 0.6) is 0 Å². The molecule has 6 nitrogen and oxygen atoms in total. The van der Waals surface area contributed by atoms with Crippen LogP contribution in [-0.2, 0) is 6.54 Å². The molecule has 0 aliphatic heterocycles. The van der Waals surface area contributed by atoms with E-state index in [1.54, 1.807) is 18.6 Å². The van der Waals surface area contributed by atoms with Gasteiger partial charge in [-0.05, 0) is 29.8 Å². The highest BCUT2D eigenvalue weighted by molar-refractivity contribution is 6.34. The number of para-hydroxylation sites is 1. The number of hydrogen-bond donors (Lipinski definition) is 2. The van der Waals surface area contributed by atoms with Gasteiger partial charge in [0.05, 0.1) is 17.4 Å². The number of hydrogen-bond acceptors (Lipinski definition) is 4. The molecule has 4 aromatic rings. The second-order valence-electron chi connectivity index (χ2n) is 5.56. The number of aromatic amines is 1. The van der Waals surface area contributed by atoms with E-state index in [-0.39, 0.29) is 10.7 Å². The van der Waals surface area contributed by atoms with Crippen molar-refractivity contribution in [3.63, 3.8) is 0 Å². The molecule has 0 atom stereocenters. The number of anilines is 1. The number of imidazole rings is 1. The number of nitrogens with zero attached hydrogens (tertiary/aromatic N) is 3. The summed E-state index contributed by atoms with van der Waals surface area (Å²) in [4.78, 5) is 15.9. The third kappa shape index (κ3) is 2.99. The van der Waals surface area contributed by atoms with Crippen LogP contribution < -0.4 is 10.9 Å². The van der Waals surface area contributed by atoms with Gasteiger partial charge < -0.3 is 9.88 Å². The van der Waals surface area contributed by atoms with Gasteiger partial charge in [-0.25, -0.2) is 10.1 Å². The molecule has 0 fully saturated rings. The van der Waals surface area contributed by atoms with Crippen LogP contribution >= 0.6 is 11.6 Å². The molecular formula is C18H14ClN5O. The van der Waals surface area contributed by atoms with E-state index >= 15 is 0 Å². The fraction of sp³-hybridized carbons (Fsp3) is 0.0556. The van der Waals surface area contributed by atoms with Crippen molar-refractivity contribution in [1.82, 2.24) is 19.7 Å². The van der Waals surface area contributed by atoms with Gasteiger partial charge in [0.1, 0.15) is 0 Å². The standard InChI is InChI=1S/C18H14ClN5O/c19-17-15-9-13(5-6-14(15)18(25)23-22-17)21-10-12-3-1-2-4-16(12)24-8-7-20-11-24/h1-9,11,21H,10H2,(H,23,25). The first kappa shape index (κ1) is 15.4. The van der Waals surface area contributed by atoms with E-state index in [9.17, 15) is 4.79 Å². The zero-order chi connectivity index (χ0) is 17.2. The molecule has 25 heavy (non-hydrogen) atoms. The lowest BCUT2D eigenvalue weighted by Crippen LogP contribution is -2.09. The highest BCUT2D eigenvalue weighted by Crippen LogP contribution is 2.23. The second-order valence-corrected chi connectivity index (χ2v) is 5.91. The Labute approximate surface area is 148 Å². The fourth-order valence-corrected chi connectivity index (χ4v) is 2.95. The molecule has 7 heteroatoms. The Morgan fingerprint density at radius 1 is 1.16 bits per heavy atom. The third-order valence-corrected chi connectivity index (χ3v) is 4.29. The summed E-state index contributed by atoms with van der Waals surface area (Å²) in [5, 5.41) is 11.0. The Balaban J connectivity index is 1.64. The lowest BCUT2D eigenvalue weighted by molar-refractivity contribution is 1.01. The average Bonchev–Trinajstić information content (AvgIpc) is 3.18. The summed E-state index contributed by atoms with van der Waals surface area (Å²) in [7, 11) is 0. The average molecular weight is 352 g/mol. The molecular weight excluding hydrogens is 338 g/mol. The van der Waals surface area contributed by atoms with Crippen molar-refractivity contribution in [3.8, 4) is 5.69 Å². The Morgan fingerprint density at radius 2 is 2.04 bits per heavy atom. The molecule has 2 aromatic carbocycles. The van der Waals surface area contributed by atoms with Crippen molar-refractivity contribution >= 4 is 28.1 Å². The summed E-state index contributed by atoms with van der Waals surface area (Å²) in [6, 6.07) is 13.5. The molecule has 2 N–H and O–H groups in total. The summed E-state index contributed by atoms with van der Waals surface area (Å²) >= 11 is 6.09. The van der Waals surface area contributed by atoms with Crippen LogP contribution in [-0.4, -0.2) is 19.7 Å². The summed E-state index contributed by atoms with van der Waals surface area (Å²) in [6.45, 7) is 0.619. The van der Waals surface area contributed by atoms with Crippen molar-refractivity contribution in [2.45, 2.75) is 6.54 Å². The molecule has 0 saturated carbocycles. The molecule has 0 aliphatic carbocycles. The maximum atomic E-state index is 11.8. The SMILES string of the molecule is O=c1[nH]nc(Cl)c2cc(NCc3ccccc3-n3ccnc3)ccc12. The molecule has 0 aliphatic rings. The molecule has 0 bridgehead atoms. The van der Waals surface area contributed by atoms with Crippen molar-refractivity contribution in [3.05, 3.63) is 82.3 Å². The van der Waals surface area contributed by atoms with E-state index in [2.05, 4.69) is 26.6 Å². The summed E-state index contributed by atoms with van der Waals surface area (Å²) in [6.07, 6.45) is 5.43. The number of benzene rings is 2. The monoisotopic (exact) mass is 351 g/mol. The molecule has 124 valence electrons. The summed E-state index contributed by atoms with van der Waals surface area (Å²) in [5.74, 6) is 0. The van der Waals surface area contributed by atoms with Crippen LogP contribution in [0.3, 0.4) is 0 Å². The first-order chi connectivity index (χ1) is 12.2. The van der Waals surface area contributed by atoms with E-state index in [4.69, 9.17) is 11.6 Å². The van der Waals surface area contributed by atoms with Gasteiger partial charge in [-0.3, -0.25) is 4.79 Å². The maximum absolute atomic E-state index is 11.8. The van der Waals surface area contributed by atoms with Gasteiger partial charge in [0.15, 0.2) is 5.15 Å². The number of halogens is 1. The Hall–Kier alpha value is -3.12. The quantitative estimate of drug-likeness (QED) is 0.591. The zero-order valence-corrected chi connectivity index (χ0v) is 13.9. The minimum atomic E-state index is -0.253. The number of rotatable bonds is 4. The van der Waals surface area contributed by atoms with E-state index in [0.717, 1.165) is 16.9 Å². The van der Waals surface area contributed by atoms with Crippen LogP contribution in [0, 0.1) is 0 Å². The normalized spacial score (nSPS) is 10.9. The zero-order valence-electron chi connectivity index (χ0n) is 13.1. The topological polar surface area (TPSA) is 75.6 Å². The predicted octanol–water partition coefficient (Wildman–Crippen LogP) is 3.37. The molecule has 0 amide bonds. The van der Waals surface area contributed by atoms with Crippen LogP contribution in [0.1, 0.15) is 5.56 Å². The van der Waals surface area contributed by atoms with E-state index in [1.165, 1.54) is 0 Å². The second kappa shape index (κ2) is 6.41. The van der Waals surface area contributed by atoms with E-state index < -0.39 is 0 Å². The van der Waals surface area contributed by atoms with Crippen LogP contribution in [0.4, 0.5) is 5.69 Å². The van der Waals surface area contributed by atoms with Crippen LogP contribution in [0.2, 0.25) is 5.15 Å². The Morgan fingerprint density at radius 3 is 2.88 bits per heavy atom. The molecule has 0 unspecified atom stereocenters. The van der Waals surface area contributed by atoms with Gasteiger partial charge in [-0.15, -0.1) is 0 Å². The van der Waals surface area contributed by atoms with Gasteiger partial charge in [0.2, 0.25) is 0 Å². The first-order valence-corrected chi connectivity index (χ1v) is 8.08. The third-order valence-electron chi connectivity index (χ3n) is 4.00. The number of nitrogens with one attached hydrogen (secondary N) is 2. The van der Waals surface area contributed by atoms with Gasteiger partial charge in [0.25, 0.3) is 5.56 Å². The van der Waals surface area contributed by atoms with E-state index in [0.29, 0.717) is 17.3 Å². The first-order valence-electron chi connectivity index (χ1n) is 7.70. The smallest absolute Gasteiger partial charge is 0.272 e. The lowest BCUT2D eigenvalue weighted by atomic mass is 10.1. The molecule has 2 aromatic heterocycles. The van der Waals surface area contributed by atoms with Crippen LogP contribution in [0.25, 0.3) is 16.5 Å². The number of H-pyrrole nitrogens is 1. The van der Waals surface area contributed by atoms with E-state index in [1.807, 2.05) is 41.1 Å². The molecule has 2 heterocycles. The minimum absolute atomic E-state index is 0.253. The fourth-order valence-electron chi connectivity index (χ4n) is 2.75. The molecule has 4 rings (SSSR count). The summed E-state index contributed by atoms with van der Waals surface area (Å²) < 4.78 is 1.97.